The van der Waals surface area contributed by atoms with Gasteiger partial charge in [0.2, 0.25) is 0 Å². The molecule has 1 aromatic heterocycles. The van der Waals surface area contributed by atoms with Crippen molar-refractivity contribution >= 4 is 16.6 Å². The molecule has 1 aliphatic carbocycles. The topological polar surface area (TPSA) is 25.4 Å². The van der Waals surface area contributed by atoms with Gasteiger partial charge in [-0.3, -0.25) is 4.98 Å². The van der Waals surface area contributed by atoms with Crippen LogP contribution >= 0.6 is 0 Å². The normalized spacial score (nSPS) is 19.5. The number of methoxy groups -OCH3 is 1. The van der Waals surface area contributed by atoms with E-state index in [1.807, 2.05) is 0 Å². The molecule has 1 aliphatic heterocycles. The van der Waals surface area contributed by atoms with Crippen LogP contribution in [0.2, 0.25) is 0 Å². The summed E-state index contributed by atoms with van der Waals surface area (Å²) < 4.78 is 19.0. The van der Waals surface area contributed by atoms with E-state index in [1.165, 1.54) is 31.7 Å². The van der Waals surface area contributed by atoms with E-state index in [0.717, 1.165) is 47.2 Å². The minimum Gasteiger partial charge on any atom is -0.378 e. The van der Waals surface area contributed by atoms with E-state index in [4.69, 9.17) is 4.74 Å². The van der Waals surface area contributed by atoms with Crippen molar-refractivity contribution in [3.8, 4) is 0 Å². The van der Waals surface area contributed by atoms with Crippen molar-refractivity contribution in [2.75, 3.05) is 25.1 Å². The first-order valence-corrected chi connectivity index (χ1v) is 8.57. The number of halogens is 1. The molecular formula is C19H23FN2O. The molecule has 0 spiro atoms. The fraction of sp³-hybridized carbons (Fsp3) is 0.526. The fourth-order valence-corrected chi connectivity index (χ4v) is 3.90. The highest BCUT2D eigenvalue weighted by atomic mass is 19.1. The van der Waals surface area contributed by atoms with Gasteiger partial charge in [0.1, 0.15) is 5.82 Å². The molecule has 3 nitrogen and oxygen atoms in total. The van der Waals surface area contributed by atoms with Crippen LogP contribution in [0.3, 0.4) is 0 Å². The number of ether oxygens (including phenoxy) is 1. The zero-order valence-corrected chi connectivity index (χ0v) is 13.6. The predicted octanol–water partition coefficient (Wildman–Crippen LogP) is 4.15. The van der Waals surface area contributed by atoms with Crippen LogP contribution in [0.15, 0.2) is 24.3 Å². The van der Waals surface area contributed by atoms with Crippen molar-refractivity contribution < 1.29 is 9.13 Å². The Balaban J connectivity index is 1.67. The van der Waals surface area contributed by atoms with E-state index in [0.29, 0.717) is 6.61 Å². The van der Waals surface area contributed by atoms with Crippen LogP contribution < -0.4 is 4.90 Å². The fourth-order valence-electron chi connectivity index (χ4n) is 3.90. The number of piperidine rings is 1. The molecule has 0 atom stereocenters. The van der Waals surface area contributed by atoms with Gasteiger partial charge in [0.15, 0.2) is 0 Å². The summed E-state index contributed by atoms with van der Waals surface area (Å²) in [7, 11) is 1.68. The molecule has 23 heavy (non-hydrogen) atoms. The van der Waals surface area contributed by atoms with Crippen molar-refractivity contribution in [3.05, 3.63) is 35.8 Å². The molecule has 0 radical (unpaired) electrons. The van der Waals surface area contributed by atoms with Gasteiger partial charge in [0, 0.05) is 31.3 Å². The van der Waals surface area contributed by atoms with Crippen molar-refractivity contribution in [1.82, 2.24) is 4.98 Å². The summed E-state index contributed by atoms with van der Waals surface area (Å²) in [4.78, 5) is 7.00. The second-order valence-corrected chi connectivity index (χ2v) is 6.89. The van der Waals surface area contributed by atoms with E-state index >= 15 is 0 Å². The standard InChI is InChI=1S/C19H23FN2O/c1-23-12-16-11-19(17-10-15(20)4-5-18(17)21-16)22-8-6-14(7-9-22)13-2-3-13/h4-5,10-11,13-14H,2-3,6-9,12H2,1H3. The molecule has 0 N–H and O–H groups in total. The van der Waals surface area contributed by atoms with Gasteiger partial charge in [-0.25, -0.2) is 4.39 Å². The number of pyridine rings is 1. The Morgan fingerprint density at radius 2 is 1.87 bits per heavy atom. The molecule has 1 aromatic carbocycles. The molecule has 0 bridgehead atoms. The molecule has 4 heteroatoms. The van der Waals surface area contributed by atoms with Crippen molar-refractivity contribution in [2.45, 2.75) is 32.3 Å². The summed E-state index contributed by atoms with van der Waals surface area (Å²) in [5.41, 5.74) is 2.86. The first-order chi connectivity index (χ1) is 11.2. The minimum absolute atomic E-state index is 0.201. The van der Waals surface area contributed by atoms with Gasteiger partial charge in [-0.2, -0.15) is 0 Å². The summed E-state index contributed by atoms with van der Waals surface area (Å²) in [5.74, 6) is 1.68. The highest BCUT2D eigenvalue weighted by Gasteiger charge is 2.33. The van der Waals surface area contributed by atoms with E-state index < -0.39 is 0 Å². The van der Waals surface area contributed by atoms with E-state index in [9.17, 15) is 4.39 Å². The lowest BCUT2D eigenvalue weighted by atomic mass is 9.91. The van der Waals surface area contributed by atoms with Crippen LogP contribution in [0.5, 0.6) is 0 Å². The smallest absolute Gasteiger partial charge is 0.124 e. The maximum Gasteiger partial charge on any atom is 0.124 e. The maximum atomic E-state index is 13.7. The lowest BCUT2D eigenvalue weighted by molar-refractivity contribution is 0.182. The Morgan fingerprint density at radius 1 is 1.13 bits per heavy atom. The average Bonchev–Trinajstić information content (AvgIpc) is 3.40. The Hall–Kier alpha value is -1.68. The second kappa shape index (κ2) is 6.08. The zero-order valence-electron chi connectivity index (χ0n) is 13.6. The molecule has 4 rings (SSSR count). The summed E-state index contributed by atoms with van der Waals surface area (Å²) in [6, 6.07) is 6.93. The van der Waals surface area contributed by atoms with Gasteiger partial charge < -0.3 is 9.64 Å². The molecule has 1 saturated carbocycles. The number of benzene rings is 1. The van der Waals surface area contributed by atoms with Crippen LogP contribution in [0.1, 0.15) is 31.4 Å². The molecule has 2 aliphatic rings. The number of aromatic nitrogens is 1. The molecule has 2 fully saturated rings. The summed E-state index contributed by atoms with van der Waals surface area (Å²) in [5, 5.41) is 0.912. The molecule has 2 aromatic rings. The van der Waals surface area contributed by atoms with Crippen LogP contribution in [0.4, 0.5) is 10.1 Å². The van der Waals surface area contributed by atoms with Crippen LogP contribution in [-0.4, -0.2) is 25.2 Å². The Labute approximate surface area is 136 Å². The van der Waals surface area contributed by atoms with Gasteiger partial charge >= 0.3 is 0 Å². The Bertz CT molecular complexity index is 706. The van der Waals surface area contributed by atoms with Gasteiger partial charge in [-0.1, -0.05) is 0 Å². The average molecular weight is 314 g/mol. The highest BCUT2D eigenvalue weighted by molar-refractivity contribution is 5.92. The van der Waals surface area contributed by atoms with Crippen LogP contribution in [0.25, 0.3) is 10.9 Å². The zero-order chi connectivity index (χ0) is 15.8. The lowest BCUT2D eigenvalue weighted by Crippen LogP contribution is -2.34. The first-order valence-electron chi connectivity index (χ1n) is 8.57. The molecule has 122 valence electrons. The van der Waals surface area contributed by atoms with Crippen LogP contribution in [0, 0.1) is 17.7 Å². The van der Waals surface area contributed by atoms with E-state index in [1.54, 1.807) is 19.2 Å². The summed E-state index contributed by atoms with van der Waals surface area (Å²) >= 11 is 0. The predicted molar refractivity (Wildman–Crippen MR) is 90.1 cm³/mol. The van der Waals surface area contributed by atoms with Crippen molar-refractivity contribution in [1.29, 1.82) is 0 Å². The second-order valence-electron chi connectivity index (χ2n) is 6.89. The summed E-state index contributed by atoms with van der Waals surface area (Å²) in [6.07, 6.45) is 5.35. The van der Waals surface area contributed by atoms with Gasteiger partial charge in [-0.15, -0.1) is 0 Å². The number of nitrogens with zero attached hydrogens (tertiary/aromatic N) is 2. The number of fused-ring (bicyclic) bond motifs is 1. The van der Waals surface area contributed by atoms with Gasteiger partial charge in [0.25, 0.3) is 0 Å². The van der Waals surface area contributed by atoms with E-state index in [-0.39, 0.29) is 5.82 Å². The monoisotopic (exact) mass is 314 g/mol. The molecule has 1 saturated heterocycles. The molecule has 2 heterocycles. The lowest BCUT2D eigenvalue weighted by Gasteiger charge is -2.34. The third-order valence-corrected chi connectivity index (χ3v) is 5.26. The largest absolute Gasteiger partial charge is 0.378 e. The number of rotatable bonds is 4. The molecule has 0 amide bonds. The van der Waals surface area contributed by atoms with E-state index in [2.05, 4.69) is 16.0 Å². The maximum absolute atomic E-state index is 13.7. The van der Waals surface area contributed by atoms with Crippen LogP contribution in [-0.2, 0) is 11.3 Å². The van der Waals surface area contributed by atoms with Gasteiger partial charge in [0.05, 0.1) is 17.8 Å². The quantitative estimate of drug-likeness (QED) is 0.848. The number of anilines is 1. The third kappa shape index (κ3) is 3.05. The van der Waals surface area contributed by atoms with Crippen molar-refractivity contribution in [2.24, 2.45) is 11.8 Å². The molecular weight excluding hydrogens is 291 g/mol. The Kier molecular flexibility index (Phi) is 3.93. The Morgan fingerprint density at radius 3 is 2.57 bits per heavy atom. The number of hydrogen-bond acceptors (Lipinski definition) is 3. The number of hydrogen-bond donors (Lipinski definition) is 0. The third-order valence-electron chi connectivity index (χ3n) is 5.26. The highest BCUT2D eigenvalue weighted by Crippen LogP contribution is 2.42. The minimum atomic E-state index is -0.201. The van der Waals surface area contributed by atoms with Crippen molar-refractivity contribution in [3.63, 3.8) is 0 Å². The van der Waals surface area contributed by atoms with Gasteiger partial charge in [-0.05, 0) is 61.8 Å². The molecule has 0 unspecified atom stereocenters. The SMILES string of the molecule is COCc1cc(N2CCC(C3CC3)CC2)c2cc(F)ccc2n1. The first kappa shape index (κ1) is 14.9. The summed E-state index contributed by atoms with van der Waals surface area (Å²) in [6.45, 7) is 2.60.